The summed E-state index contributed by atoms with van der Waals surface area (Å²) in [6.45, 7) is 9.42. The third kappa shape index (κ3) is 5.03. The summed E-state index contributed by atoms with van der Waals surface area (Å²) in [4.78, 5) is 36.2. The second-order valence-electron chi connectivity index (χ2n) is 11.2. The van der Waals surface area contributed by atoms with E-state index in [2.05, 4.69) is 20.8 Å². The van der Waals surface area contributed by atoms with Crippen LogP contribution < -0.4 is 9.47 Å². The molecule has 2 aromatic rings. The number of benzene rings is 2. The Morgan fingerprint density at radius 3 is 2.19 bits per heavy atom. The van der Waals surface area contributed by atoms with Gasteiger partial charge in [0.05, 0.1) is 12.5 Å². The predicted molar refractivity (Wildman–Crippen MR) is 142 cm³/mol. The maximum atomic E-state index is 12.9. The third-order valence-electron chi connectivity index (χ3n) is 8.77. The third-order valence-corrected chi connectivity index (χ3v) is 8.77. The van der Waals surface area contributed by atoms with E-state index in [1.54, 1.807) is 12.1 Å². The fraction of sp³-hybridized carbons (Fsp3) is 0.516. The van der Waals surface area contributed by atoms with Crippen molar-refractivity contribution in [3.8, 4) is 11.5 Å². The van der Waals surface area contributed by atoms with E-state index in [9.17, 15) is 14.4 Å². The Hall–Kier alpha value is -3.15. The topological polar surface area (TPSA) is 78.9 Å². The molecule has 1 saturated carbocycles. The van der Waals surface area contributed by atoms with Crippen molar-refractivity contribution < 1.29 is 28.6 Å². The van der Waals surface area contributed by atoms with E-state index in [1.165, 1.54) is 32.1 Å². The number of esters is 3. The van der Waals surface area contributed by atoms with Crippen molar-refractivity contribution in [2.24, 2.45) is 16.7 Å². The summed E-state index contributed by atoms with van der Waals surface area (Å²) in [5.74, 6) is 0.258. The van der Waals surface area contributed by atoms with Gasteiger partial charge in [-0.05, 0) is 87.5 Å². The molecule has 0 N–H and O–H groups in total. The highest BCUT2D eigenvalue weighted by Crippen LogP contribution is 2.60. The van der Waals surface area contributed by atoms with Gasteiger partial charge in [0.25, 0.3) is 0 Å². The molecule has 6 nitrogen and oxygen atoms in total. The van der Waals surface area contributed by atoms with Crippen molar-refractivity contribution in [1.82, 2.24) is 0 Å². The van der Waals surface area contributed by atoms with E-state index in [-0.39, 0.29) is 17.3 Å². The lowest BCUT2D eigenvalue weighted by Crippen LogP contribution is -2.50. The van der Waals surface area contributed by atoms with Gasteiger partial charge < -0.3 is 14.2 Å². The molecule has 2 aromatic carbocycles. The SMILES string of the molecule is COC(=O)[C@@]1(C)CCC[C@]2(C)C(CCc3ccc4c(OC(C)=O)ccc(OC(C)=O)c4c3)=C(C)CC[C@@H]12. The van der Waals surface area contributed by atoms with Gasteiger partial charge in [0.15, 0.2) is 0 Å². The van der Waals surface area contributed by atoms with Gasteiger partial charge in [-0.1, -0.05) is 36.6 Å². The van der Waals surface area contributed by atoms with Crippen LogP contribution in [-0.4, -0.2) is 25.0 Å². The summed E-state index contributed by atoms with van der Waals surface area (Å²) in [6.07, 6.45) is 6.69. The predicted octanol–water partition coefficient (Wildman–Crippen LogP) is 6.72. The standard InChI is InChI=1S/C31H38O6/c1-19-8-15-28-30(4,16-7-17-31(28,5)29(34)35-6)25(19)12-10-22-9-11-23-24(18-22)27(37-21(3)33)14-13-26(23)36-20(2)32/h9,11,13-14,18,28H,7-8,10,12,15-17H2,1-6H3/t28-,30-,31+/m1/s1. The van der Waals surface area contributed by atoms with Gasteiger partial charge in [0.2, 0.25) is 0 Å². The number of fused-ring (bicyclic) bond motifs is 2. The summed E-state index contributed by atoms with van der Waals surface area (Å²) in [6, 6.07) is 9.32. The number of carbonyl (C=O) groups excluding carboxylic acids is 3. The Bertz CT molecular complexity index is 1270. The first-order chi connectivity index (χ1) is 17.5. The first-order valence-electron chi connectivity index (χ1n) is 13.2. The van der Waals surface area contributed by atoms with E-state index >= 15 is 0 Å². The molecule has 0 unspecified atom stereocenters. The monoisotopic (exact) mass is 506 g/mol. The molecule has 2 aliphatic rings. The van der Waals surface area contributed by atoms with Crippen molar-refractivity contribution in [3.63, 3.8) is 0 Å². The number of rotatable bonds is 6. The zero-order chi connectivity index (χ0) is 27.0. The van der Waals surface area contributed by atoms with Crippen molar-refractivity contribution >= 4 is 28.7 Å². The lowest BCUT2D eigenvalue weighted by molar-refractivity contribution is -0.163. The fourth-order valence-electron chi connectivity index (χ4n) is 7.10. The van der Waals surface area contributed by atoms with Gasteiger partial charge in [-0.15, -0.1) is 0 Å². The second kappa shape index (κ2) is 10.3. The molecule has 0 amide bonds. The quantitative estimate of drug-likeness (QED) is 0.246. The number of aryl methyl sites for hydroxylation is 1. The van der Waals surface area contributed by atoms with Gasteiger partial charge in [-0.25, -0.2) is 0 Å². The van der Waals surface area contributed by atoms with Crippen LogP contribution in [-0.2, 0) is 25.5 Å². The van der Waals surface area contributed by atoms with Crippen molar-refractivity contribution in [3.05, 3.63) is 47.0 Å². The van der Waals surface area contributed by atoms with Gasteiger partial charge in [-0.2, -0.15) is 0 Å². The molecule has 0 aromatic heterocycles. The highest BCUT2D eigenvalue weighted by atomic mass is 16.5. The summed E-state index contributed by atoms with van der Waals surface area (Å²) in [5.41, 5.74) is 3.52. The minimum absolute atomic E-state index is 0.0359. The Morgan fingerprint density at radius 2 is 1.57 bits per heavy atom. The van der Waals surface area contributed by atoms with Crippen LogP contribution in [0.3, 0.4) is 0 Å². The van der Waals surface area contributed by atoms with Gasteiger partial charge in [0.1, 0.15) is 11.5 Å². The number of methoxy groups -OCH3 is 1. The Kier molecular flexibility index (Phi) is 7.50. The van der Waals surface area contributed by atoms with Crippen LogP contribution in [0.2, 0.25) is 0 Å². The molecular formula is C31H38O6. The molecule has 0 aliphatic heterocycles. The van der Waals surface area contributed by atoms with Gasteiger partial charge in [0, 0.05) is 24.6 Å². The lowest BCUT2D eigenvalue weighted by atomic mass is 9.49. The molecule has 6 heteroatoms. The second-order valence-corrected chi connectivity index (χ2v) is 11.2. The lowest BCUT2D eigenvalue weighted by Gasteiger charge is -2.54. The van der Waals surface area contributed by atoms with E-state index < -0.39 is 17.4 Å². The normalized spacial score (nSPS) is 25.4. The zero-order valence-electron chi connectivity index (χ0n) is 22.9. The Balaban J connectivity index is 1.66. The van der Waals surface area contributed by atoms with Crippen LogP contribution in [0.15, 0.2) is 41.5 Å². The van der Waals surface area contributed by atoms with E-state index in [1.807, 2.05) is 18.2 Å². The zero-order valence-corrected chi connectivity index (χ0v) is 22.9. The molecular weight excluding hydrogens is 468 g/mol. The van der Waals surface area contributed by atoms with E-state index in [4.69, 9.17) is 14.2 Å². The molecule has 37 heavy (non-hydrogen) atoms. The van der Waals surface area contributed by atoms with Crippen LogP contribution >= 0.6 is 0 Å². The van der Waals surface area contributed by atoms with Gasteiger partial charge >= 0.3 is 17.9 Å². The van der Waals surface area contributed by atoms with Crippen LogP contribution in [0, 0.1) is 16.7 Å². The summed E-state index contributed by atoms with van der Waals surface area (Å²) in [7, 11) is 1.50. The van der Waals surface area contributed by atoms with E-state index in [0.717, 1.165) is 61.3 Å². The van der Waals surface area contributed by atoms with Crippen LogP contribution in [0.1, 0.15) is 78.7 Å². The Labute approximate surface area is 219 Å². The van der Waals surface area contributed by atoms with Crippen LogP contribution in [0.25, 0.3) is 10.8 Å². The first kappa shape index (κ1) is 26.9. The van der Waals surface area contributed by atoms with E-state index in [0.29, 0.717) is 11.5 Å². The fourth-order valence-corrected chi connectivity index (χ4v) is 7.10. The number of hydrogen-bond acceptors (Lipinski definition) is 6. The van der Waals surface area contributed by atoms with Crippen LogP contribution in [0.4, 0.5) is 0 Å². The molecule has 0 spiro atoms. The average molecular weight is 507 g/mol. The van der Waals surface area contributed by atoms with Gasteiger partial charge in [-0.3, -0.25) is 14.4 Å². The van der Waals surface area contributed by atoms with Crippen molar-refractivity contribution in [2.75, 3.05) is 7.11 Å². The Morgan fingerprint density at radius 1 is 0.919 bits per heavy atom. The number of hydrogen-bond donors (Lipinski definition) is 0. The maximum absolute atomic E-state index is 12.9. The average Bonchev–Trinajstić information content (AvgIpc) is 2.83. The van der Waals surface area contributed by atoms with Crippen molar-refractivity contribution in [1.29, 1.82) is 0 Å². The van der Waals surface area contributed by atoms with Crippen molar-refractivity contribution in [2.45, 2.75) is 79.6 Å². The van der Waals surface area contributed by atoms with Crippen LogP contribution in [0.5, 0.6) is 11.5 Å². The molecule has 3 atom stereocenters. The summed E-state index contributed by atoms with van der Waals surface area (Å²) < 4.78 is 16.1. The maximum Gasteiger partial charge on any atom is 0.311 e. The molecule has 4 rings (SSSR count). The molecule has 2 aliphatic carbocycles. The minimum Gasteiger partial charge on any atom is -0.469 e. The molecule has 0 saturated heterocycles. The number of allylic oxidation sites excluding steroid dienone is 2. The molecule has 0 heterocycles. The molecule has 0 bridgehead atoms. The highest BCUT2D eigenvalue weighted by molar-refractivity contribution is 5.96. The number of ether oxygens (including phenoxy) is 3. The smallest absolute Gasteiger partial charge is 0.311 e. The number of carbonyl (C=O) groups is 3. The largest absolute Gasteiger partial charge is 0.469 e. The summed E-state index contributed by atoms with van der Waals surface area (Å²) in [5, 5.41) is 1.46. The molecule has 198 valence electrons. The highest BCUT2D eigenvalue weighted by Gasteiger charge is 2.55. The first-order valence-corrected chi connectivity index (χ1v) is 13.2. The minimum atomic E-state index is -0.456. The summed E-state index contributed by atoms with van der Waals surface area (Å²) >= 11 is 0. The molecule has 1 fully saturated rings. The molecule has 0 radical (unpaired) electrons.